The topological polar surface area (TPSA) is 55.4 Å². The first kappa shape index (κ1) is 19.6. The van der Waals surface area contributed by atoms with E-state index in [1.54, 1.807) is 18.2 Å². The van der Waals surface area contributed by atoms with Gasteiger partial charge in [0.1, 0.15) is 0 Å². The Kier molecular flexibility index (Phi) is 6.40. The molecule has 1 heterocycles. The number of ether oxygens (including phenoxy) is 1. The van der Waals surface area contributed by atoms with Crippen molar-refractivity contribution in [2.75, 3.05) is 5.32 Å². The van der Waals surface area contributed by atoms with Crippen LogP contribution in [0, 0.1) is 13.8 Å². The molecule has 3 aromatic rings. The number of anilines is 1. The largest absolute Gasteiger partial charge is 0.444 e. The van der Waals surface area contributed by atoms with Crippen molar-refractivity contribution in [3.05, 3.63) is 93.7 Å². The van der Waals surface area contributed by atoms with Gasteiger partial charge in [0.2, 0.25) is 6.10 Å². The molecule has 1 amide bonds. The molecule has 2 aromatic carbocycles. The van der Waals surface area contributed by atoms with Crippen molar-refractivity contribution < 1.29 is 14.3 Å². The van der Waals surface area contributed by atoms with Crippen LogP contribution in [0.1, 0.15) is 27.7 Å². The van der Waals surface area contributed by atoms with E-state index in [1.807, 2.05) is 67.8 Å². The summed E-state index contributed by atoms with van der Waals surface area (Å²) in [5.41, 5.74) is 3.29. The lowest BCUT2D eigenvalue weighted by Gasteiger charge is -2.18. The number of rotatable bonds is 6. The first-order valence-electron chi connectivity index (χ1n) is 8.88. The van der Waals surface area contributed by atoms with Gasteiger partial charge in [-0.05, 0) is 48.6 Å². The number of esters is 1. The third-order valence-corrected chi connectivity index (χ3v) is 4.99. The number of carbonyl (C=O) groups is 2. The van der Waals surface area contributed by atoms with Crippen molar-refractivity contribution in [2.24, 2.45) is 0 Å². The number of carbonyl (C=O) groups excluding carboxylic acids is 2. The molecule has 28 heavy (non-hydrogen) atoms. The number of nitrogens with one attached hydrogen (secondary N) is 1. The molecule has 0 aliphatic heterocycles. The number of amides is 1. The zero-order valence-electron chi connectivity index (χ0n) is 15.7. The zero-order valence-corrected chi connectivity index (χ0v) is 16.5. The van der Waals surface area contributed by atoms with Crippen LogP contribution in [0.15, 0.2) is 72.1 Å². The van der Waals surface area contributed by atoms with E-state index in [0.717, 1.165) is 16.0 Å². The number of hydrogen-bond donors (Lipinski definition) is 1. The van der Waals surface area contributed by atoms with Gasteiger partial charge in [-0.25, -0.2) is 4.79 Å². The minimum Gasteiger partial charge on any atom is -0.444 e. The van der Waals surface area contributed by atoms with Crippen LogP contribution in [0.3, 0.4) is 0 Å². The lowest BCUT2D eigenvalue weighted by atomic mass is 10.1. The van der Waals surface area contributed by atoms with E-state index in [2.05, 4.69) is 5.32 Å². The van der Waals surface area contributed by atoms with E-state index in [0.29, 0.717) is 11.3 Å². The van der Waals surface area contributed by atoms with Gasteiger partial charge in [-0.15, -0.1) is 11.3 Å². The number of hydrogen-bond acceptors (Lipinski definition) is 4. The molecule has 0 fully saturated rings. The molecule has 1 N–H and O–H groups in total. The Morgan fingerprint density at radius 2 is 1.82 bits per heavy atom. The third-order valence-electron chi connectivity index (χ3n) is 4.15. The number of benzene rings is 2. The average molecular weight is 391 g/mol. The maximum Gasteiger partial charge on any atom is 0.331 e. The lowest BCUT2D eigenvalue weighted by molar-refractivity contribution is -0.149. The SMILES string of the molecule is Cc1ccc(C)c(NC(=O)[C@H](OC(=O)/C=C/c2cccs2)c2ccccc2)c1. The van der Waals surface area contributed by atoms with E-state index in [9.17, 15) is 9.59 Å². The highest BCUT2D eigenvalue weighted by Gasteiger charge is 2.24. The summed E-state index contributed by atoms with van der Waals surface area (Å²) in [6.45, 7) is 3.88. The van der Waals surface area contributed by atoms with Gasteiger partial charge in [0, 0.05) is 22.2 Å². The summed E-state index contributed by atoms with van der Waals surface area (Å²) in [7, 11) is 0. The molecule has 0 aliphatic rings. The fourth-order valence-electron chi connectivity index (χ4n) is 2.66. The molecule has 4 nitrogen and oxygen atoms in total. The summed E-state index contributed by atoms with van der Waals surface area (Å²) in [4.78, 5) is 26.2. The predicted molar refractivity (Wildman–Crippen MR) is 113 cm³/mol. The van der Waals surface area contributed by atoms with Gasteiger partial charge in [-0.1, -0.05) is 48.5 Å². The van der Waals surface area contributed by atoms with Gasteiger partial charge < -0.3 is 10.1 Å². The normalized spacial score (nSPS) is 11.9. The third kappa shape index (κ3) is 5.18. The molecule has 142 valence electrons. The summed E-state index contributed by atoms with van der Waals surface area (Å²) >= 11 is 1.52. The van der Waals surface area contributed by atoms with Crippen molar-refractivity contribution in [3.63, 3.8) is 0 Å². The molecule has 0 radical (unpaired) electrons. The van der Waals surface area contributed by atoms with Crippen molar-refractivity contribution in [1.82, 2.24) is 0 Å². The molecule has 0 saturated heterocycles. The zero-order chi connectivity index (χ0) is 19.9. The Hall–Kier alpha value is -3.18. The number of thiophene rings is 1. The minimum atomic E-state index is -1.04. The van der Waals surface area contributed by atoms with Crippen molar-refractivity contribution in [3.8, 4) is 0 Å². The molecule has 0 aliphatic carbocycles. The van der Waals surface area contributed by atoms with Crippen LogP contribution in [0.25, 0.3) is 6.08 Å². The summed E-state index contributed by atoms with van der Waals surface area (Å²) in [5.74, 6) is -0.962. The van der Waals surface area contributed by atoms with Crippen LogP contribution < -0.4 is 5.32 Å². The lowest BCUT2D eigenvalue weighted by Crippen LogP contribution is -2.25. The Morgan fingerprint density at radius 3 is 2.54 bits per heavy atom. The molecule has 0 spiro atoms. The molecular formula is C23H21NO3S. The van der Waals surface area contributed by atoms with E-state index in [4.69, 9.17) is 4.74 Å². The monoisotopic (exact) mass is 391 g/mol. The molecule has 0 bridgehead atoms. The van der Waals surface area contributed by atoms with E-state index >= 15 is 0 Å². The second kappa shape index (κ2) is 9.15. The Morgan fingerprint density at radius 1 is 1.04 bits per heavy atom. The van der Waals surface area contributed by atoms with Gasteiger partial charge in [-0.3, -0.25) is 4.79 Å². The van der Waals surface area contributed by atoms with Gasteiger partial charge in [0.15, 0.2) is 0 Å². The van der Waals surface area contributed by atoms with Gasteiger partial charge in [-0.2, -0.15) is 0 Å². The molecule has 1 atom stereocenters. The predicted octanol–water partition coefficient (Wildman–Crippen LogP) is 5.30. The second-order valence-corrected chi connectivity index (χ2v) is 7.36. The first-order chi connectivity index (χ1) is 13.5. The van der Waals surface area contributed by atoms with Crippen LogP contribution in [-0.2, 0) is 14.3 Å². The Bertz CT molecular complexity index is 978. The number of aryl methyl sites for hydroxylation is 2. The van der Waals surface area contributed by atoms with Crippen LogP contribution in [0.4, 0.5) is 5.69 Å². The van der Waals surface area contributed by atoms with Crippen LogP contribution >= 0.6 is 11.3 Å². The van der Waals surface area contributed by atoms with Gasteiger partial charge in [0.05, 0.1) is 0 Å². The fraction of sp³-hybridized carbons (Fsp3) is 0.130. The molecule has 0 unspecified atom stereocenters. The van der Waals surface area contributed by atoms with Crippen molar-refractivity contribution >= 4 is 35.0 Å². The highest BCUT2D eigenvalue weighted by molar-refractivity contribution is 7.10. The van der Waals surface area contributed by atoms with Gasteiger partial charge in [0.25, 0.3) is 5.91 Å². The minimum absolute atomic E-state index is 0.391. The highest BCUT2D eigenvalue weighted by atomic mass is 32.1. The molecule has 3 rings (SSSR count). The van der Waals surface area contributed by atoms with E-state index in [-0.39, 0.29) is 0 Å². The standard InChI is InChI=1S/C23H21NO3S/c1-16-10-11-17(2)20(15-16)24-23(26)22(18-7-4-3-5-8-18)27-21(25)13-12-19-9-6-14-28-19/h3-15,22H,1-2H3,(H,24,26)/b13-12+/t22-/m1/s1. The van der Waals surface area contributed by atoms with E-state index < -0.39 is 18.0 Å². The van der Waals surface area contributed by atoms with Crippen LogP contribution in [0.5, 0.6) is 0 Å². The average Bonchev–Trinajstić information content (AvgIpc) is 3.21. The quantitative estimate of drug-likeness (QED) is 0.458. The van der Waals surface area contributed by atoms with Crippen molar-refractivity contribution in [1.29, 1.82) is 0 Å². The molecule has 0 saturated carbocycles. The van der Waals surface area contributed by atoms with Gasteiger partial charge >= 0.3 is 5.97 Å². The highest BCUT2D eigenvalue weighted by Crippen LogP contribution is 2.23. The van der Waals surface area contributed by atoms with E-state index in [1.165, 1.54) is 17.4 Å². The summed E-state index contributed by atoms with van der Waals surface area (Å²) < 4.78 is 5.51. The van der Waals surface area contributed by atoms with Crippen LogP contribution in [0.2, 0.25) is 0 Å². The maximum atomic E-state index is 12.9. The Labute approximate surface area is 168 Å². The fourth-order valence-corrected chi connectivity index (χ4v) is 3.28. The summed E-state index contributed by atoms with van der Waals surface area (Å²) in [6, 6.07) is 18.6. The summed E-state index contributed by atoms with van der Waals surface area (Å²) in [6.07, 6.45) is 1.98. The van der Waals surface area contributed by atoms with Crippen molar-refractivity contribution in [2.45, 2.75) is 20.0 Å². The molecule has 1 aromatic heterocycles. The second-order valence-electron chi connectivity index (χ2n) is 6.38. The first-order valence-corrected chi connectivity index (χ1v) is 9.76. The summed E-state index contributed by atoms with van der Waals surface area (Å²) in [5, 5.41) is 4.81. The maximum absolute atomic E-state index is 12.9. The Balaban J connectivity index is 1.79. The smallest absolute Gasteiger partial charge is 0.331 e. The molecule has 5 heteroatoms. The molecular weight excluding hydrogens is 370 g/mol. The van der Waals surface area contributed by atoms with Crippen LogP contribution in [-0.4, -0.2) is 11.9 Å².